The van der Waals surface area contributed by atoms with Crippen LogP contribution in [0.2, 0.25) is 0 Å². The van der Waals surface area contributed by atoms with Crippen molar-refractivity contribution in [2.45, 2.75) is 44.4 Å². The Morgan fingerprint density at radius 2 is 1.17 bits per heavy atom. The molecule has 0 amide bonds. The van der Waals surface area contributed by atoms with E-state index in [1.807, 2.05) is 37.7 Å². The molecule has 3 heteroatoms. The fourth-order valence-corrected chi connectivity index (χ4v) is 4.14. The molecule has 0 atom stereocenters. The van der Waals surface area contributed by atoms with Crippen molar-refractivity contribution in [3.05, 3.63) is 58.1 Å². The molecule has 0 aliphatic carbocycles. The normalized spacial score (nSPS) is 10.0. The molecule has 0 aliphatic rings. The molecule has 0 fully saturated rings. The molecular formula is C20H26OS2. The van der Waals surface area contributed by atoms with E-state index in [0.717, 1.165) is 5.56 Å². The van der Waals surface area contributed by atoms with Crippen LogP contribution in [0.1, 0.15) is 39.5 Å². The summed E-state index contributed by atoms with van der Waals surface area (Å²) in [5.74, 6) is 0.138. The fraction of sp³-hybridized carbons (Fsp3) is 0.350. The Labute approximate surface area is 149 Å². The number of Topliss-reactive ketones (excluding diaryl/α,β-unsaturated/α-hetero) is 1. The third-order valence-electron chi connectivity index (χ3n) is 3.68. The minimum atomic E-state index is 0.138. The summed E-state index contributed by atoms with van der Waals surface area (Å²) < 4.78 is 0. The molecule has 0 saturated heterocycles. The number of thioether (sulfide) groups is 2. The average Bonchev–Trinajstić information content (AvgIpc) is 2.47. The molecule has 0 unspecified atom stereocenters. The van der Waals surface area contributed by atoms with E-state index in [-0.39, 0.29) is 5.78 Å². The number of carbonyl (C=O) groups is 1. The summed E-state index contributed by atoms with van der Waals surface area (Å²) in [7, 11) is 0. The standard InChI is InChI=1S/C11H14OS.C9H12S/c1-7-5-10(9(3)12)6-8(2)11(7)13-4;1-7-5-4-6-8(2)9(7)10-3/h5-6H,1-4H3;4-6H,1-3H3. The molecule has 0 saturated carbocycles. The van der Waals surface area contributed by atoms with E-state index in [4.69, 9.17) is 0 Å². The van der Waals surface area contributed by atoms with Crippen molar-refractivity contribution in [2.75, 3.05) is 12.5 Å². The summed E-state index contributed by atoms with van der Waals surface area (Å²) in [6.07, 6.45) is 4.18. The van der Waals surface area contributed by atoms with Crippen LogP contribution in [0.5, 0.6) is 0 Å². The third-order valence-corrected chi connectivity index (χ3v) is 5.79. The molecule has 1 nitrogen and oxygen atoms in total. The second kappa shape index (κ2) is 9.19. The highest BCUT2D eigenvalue weighted by Gasteiger charge is 2.06. The predicted molar refractivity (Wildman–Crippen MR) is 105 cm³/mol. The van der Waals surface area contributed by atoms with Gasteiger partial charge in [-0.1, -0.05) is 18.2 Å². The SMILES string of the molecule is CSc1c(C)cc(C(C)=O)cc1C.CSc1c(C)cccc1C. The highest BCUT2D eigenvalue weighted by atomic mass is 32.2. The number of hydrogen-bond donors (Lipinski definition) is 0. The minimum Gasteiger partial charge on any atom is -0.295 e. The zero-order valence-corrected chi connectivity index (χ0v) is 16.7. The van der Waals surface area contributed by atoms with E-state index in [1.54, 1.807) is 18.7 Å². The van der Waals surface area contributed by atoms with Gasteiger partial charge in [0.05, 0.1) is 0 Å². The summed E-state index contributed by atoms with van der Waals surface area (Å²) >= 11 is 3.55. The number of hydrogen-bond acceptors (Lipinski definition) is 3. The topological polar surface area (TPSA) is 17.1 Å². The zero-order valence-electron chi connectivity index (χ0n) is 15.1. The molecule has 124 valence electrons. The Morgan fingerprint density at radius 3 is 1.48 bits per heavy atom. The summed E-state index contributed by atoms with van der Waals surface area (Å²) in [6, 6.07) is 10.3. The fourth-order valence-electron chi connectivity index (χ4n) is 2.60. The van der Waals surface area contributed by atoms with Gasteiger partial charge in [0.2, 0.25) is 0 Å². The van der Waals surface area contributed by atoms with Crippen LogP contribution >= 0.6 is 23.5 Å². The van der Waals surface area contributed by atoms with Crippen molar-refractivity contribution in [1.82, 2.24) is 0 Å². The maximum Gasteiger partial charge on any atom is 0.159 e. The third kappa shape index (κ3) is 5.43. The lowest BCUT2D eigenvalue weighted by Crippen LogP contribution is -1.95. The summed E-state index contributed by atoms with van der Waals surface area (Å²) in [6.45, 7) is 10.0. The van der Waals surface area contributed by atoms with Gasteiger partial charge >= 0.3 is 0 Å². The Kier molecular flexibility index (Phi) is 7.93. The highest BCUT2D eigenvalue weighted by molar-refractivity contribution is 7.99. The first kappa shape index (κ1) is 19.9. The molecule has 0 heterocycles. The van der Waals surface area contributed by atoms with E-state index in [2.05, 4.69) is 44.6 Å². The van der Waals surface area contributed by atoms with Crippen molar-refractivity contribution >= 4 is 29.3 Å². The van der Waals surface area contributed by atoms with Crippen LogP contribution in [0.3, 0.4) is 0 Å². The predicted octanol–water partition coefficient (Wildman–Crippen LogP) is 6.25. The van der Waals surface area contributed by atoms with Crippen LogP contribution < -0.4 is 0 Å². The number of benzene rings is 2. The maximum atomic E-state index is 11.1. The highest BCUT2D eigenvalue weighted by Crippen LogP contribution is 2.25. The van der Waals surface area contributed by atoms with E-state index >= 15 is 0 Å². The van der Waals surface area contributed by atoms with Gasteiger partial charge in [0, 0.05) is 15.4 Å². The second-order valence-electron chi connectivity index (χ2n) is 5.62. The van der Waals surface area contributed by atoms with Crippen LogP contribution in [0.15, 0.2) is 40.1 Å². The molecule has 2 rings (SSSR count). The lowest BCUT2D eigenvalue weighted by atomic mass is 10.0. The monoisotopic (exact) mass is 346 g/mol. The van der Waals surface area contributed by atoms with Gasteiger partial charge in [-0.3, -0.25) is 4.79 Å². The van der Waals surface area contributed by atoms with E-state index in [0.29, 0.717) is 0 Å². The van der Waals surface area contributed by atoms with Crippen molar-refractivity contribution < 1.29 is 4.79 Å². The van der Waals surface area contributed by atoms with Gasteiger partial charge in [0.25, 0.3) is 0 Å². The van der Waals surface area contributed by atoms with Gasteiger partial charge in [-0.05, 0) is 81.5 Å². The Morgan fingerprint density at radius 1 is 0.783 bits per heavy atom. The number of carbonyl (C=O) groups excluding carboxylic acids is 1. The van der Waals surface area contributed by atoms with Gasteiger partial charge in [0.15, 0.2) is 5.78 Å². The van der Waals surface area contributed by atoms with Crippen LogP contribution in [0.25, 0.3) is 0 Å². The summed E-state index contributed by atoms with van der Waals surface area (Å²) in [5.41, 5.74) is 5.96. The largest absolute Gasteiger partial charge is 0.295 e. The molecule has 0 radical (unpaired) electrons. The summed E-state index contributed by atoms with van der Waals surface area (Å²) in [5, 5.41) is 0. The minimum absolute atomic E-state index is 0.138. The van der Waals surface area contributed by atoms with Gasteiger partial charge in [0.1, 0.15) is 0 Å². The lowest BCUT2D eigenvalue weighted by Gasteiger charge is -2.08. The first-order chi connectivity index (χ1) is 10.8. The molecule has 0 aromatic heterocycles. The molecule has 23 heavy (non-hydrogen) atoms. The molecule has 0 spiro atoms. The molecule has 0 bridgehead atoms. The van der Waals surface area contributed by atoms with Gasteiger partial charge in [-0.25, -0.2) is 0 Å². The van der Waals surface area contributed by atoms with Crippen LogP contribution in [0.4, 0.5) is 0 Å². The van der Waals surface area contributed by atoms with Crippen molar-refractivity contribution in [1.29, 1.82) is 0 Å². The van der Waals surface area contributed by atoms with Crippen LogP contribution in [-0.2, 0) is 0 Å². The Hall–Kier alpha value is -1.19. The van der Waals surface area contributed by atoms with E-state index in [9.17, 15) is 4.79 Å². The van der Waals surface area contributed by atoms with Crippen molar-refractivity contribution in [3.63, 3.8) is 0 Å². The average molecular weight is 347 g/mol. The summed E-state index contributed by atoms with van der Waals surface area (Å²) in [4.78, 5) is 13.8. The molecular weight excluding hydrogens is 320 g/mol. The molecule has 2 aromatic rings. The second-order valence-corrected chi connectivity index (χ2v) is 7.26. The number of aryl methyl sites for hydroxylation is 4. The lowest BCUT2D eigenvalue weighted by molar-refractivity contribution is 0.101. The van der Waals surface area contributed by atoms with Gasteiger partial charge in [-0.2, -0.15) is 0 Å². The molecule has 0 aliphatic heterocycles. The van der Waals surface area contributed by atoms with Crippen LogP contribution in [-0.4, -0.2) is 18.3 Å². The first-order valence-electron chi connectivity index (χ1n) is 7.58. The molecule has 0 N–H and O–H groups in total. The Bertz CT molecular complexity index is 647. The van der Waals surface area contributed by atoms with Crippen molar-refractivity contribution in [2.24, 2.45) is 0 Å². The number of ketones is 1. The quantitative estimate of drug-likeness (QED) is 0.483. The maximum absolute atomic E-state index is 11.1. The van der Waals surface area contributed by atoms with Gasteiger partial charge in [-0.15, -0.1) is 23.5 Å². The first-order valence-corrected chi connectivity index (χ1v) is 10.0. The zero-order chi connectivity index (χ0) is 17.6. The van der Waals surface area contributed by atoms with Crippen LogP contribution in [0, 0.1) is 27.7 Å². The Balaban J connectivity index is 0.000000238. The number of rotatable bonds is 3. The van der Waals surface area contributed by atoms with Gasteiger partial charge < -0.3 is 0 Å². The van der Waals surface area contributed by atoms with E-state index in [1.165, 1.54) is 32.0 Å². The molecule has 2 aromatic carbocycles. The van der Waals surface area contributed by atoms with Crippen molar-refractivity contribution in [3.8, 4) is 0 Å². The smallest absolute Gasteiger partial charge is 0.159 e. The van der Waals surface area contributed by atoms with E-state index < -0.39 is 0 Å².